The predicted molar refractivity (Wildman–Crippen MR) is 81.4 cm³/mol. The molecule has 2 heterocycles. The van der Waals surface area contributed by atoms with Crippen LogP contribution >= 0.6 is 0 Å². The number of hydrogen-bond donors (Lipinski definition) is 2. The zero-order chi connectivity index (χ0) is 17.6. The van der Waals surface area contributed by atoms with Crippen LogP contribution in [0.5, 0.6) is 0 Å². The second-order valence-electron chi connectivity index (χ2n) is 5.44. The summed E-state index contributed by atoms with van der Waals surface area (Å²) < 4.78 is 32.3. The Hall–Kier alpha value is -2.36. The van der Waals surface area contributed by atoms with Gasteiger partial charge in [-0.25, -0.2) is 13.2 Å². The van der Waals surface area contributed by atoms with Crippen LogP contribution in [0.3, 0.4) is 0 Å². The Morgan fingerprint density at radius 2 is 2.12 bits per heavy atom. The number of esters is 1. The topological polar surface area (TPSA) is 132 Å². The Labute approximate surface area is 138 Å². The van der Waals surface area contributed by atoms with Crippen molar-refractivity contribution < 1.29 is 32.0 Å². The summed E-state index contributed by atoms with van der Waals surface area (Å²) in [4.78, 5) is 34.5. The fourth-order valence-corrected chi connectivity index (χ4v) is 4.12. The molecule has 10 heteroatoms. The predicted octanol–water partition coefficient (Wildman–Crippen LogP) is -0.0266. The van der Waals surface area contributed by atoms with E-state index in [1.54, 1.807) is 12.1 Å². The van der Waals surface area contributed by atoms with Crippen molar-refractivity contribution >= 4 is 27.7 Å². The van der Waals surface area contributed by atoms with Gasteiger partial charge in [0.25, 0.3) is 5.91 Å². The summed E-state index contributed by atoms with van der Waals surface area (Å²) >= 11 is 0. The smallest absolute Gasteiger partial charge is 0.321 e. The first-order valence-electron chi connectivity index (χ1n) is 7.30. The summed E-state index contributed by atoms with van der Waals surface area (Å²) in [6.45, 7) is -0.492. The van der Waals surface area contributed by atoms with Gasteiger partial charge in [-0.1, -0.05) is 0 Å². The van der Waals surface area contributed by atoms with Gasteiger partial charge in [0.2, 0.25) is 0 Å². The normalized spacial score (nSPS) is 18.8. The molecule has 1 aromatic rings. The number of sulfone groups is 1. The molecule has 0 bridgehead atoms. The van der Waals surface area contributed by atoms with E-state index >= 15 is 0 Å². The summed E-state index contributed by atoms with van der Waals surface area (Å²) in [5, 5.41) is 4.40. The Balaban J connectivity index is 1.61. The van der Waals surface area contributed by atoms with Crippen LogP contribution in [0.1, 0.15) is 18.6 Å². The number of carbonyl (C=O) groups excluding carboxylic acids is 3. The van der Waals surface area contributed by atoms with Gasteiger partial charge < -0.3 is 14.5 Å². The van der Waals surface area contributed by atoms with E-state index in [4.69, 9.17) is 9.15 Å². The molecule has 1 saturated heterocycles. The molecule has 2 rings (SSSR count). The maximum Gasteiger partial charge on any atom is 0.321 e. The van der Waals surface area contributed by atoms with Crippen molar-refractivity contribution in [2.45, 2.75) is 19.4 Å². The monoisotopic (exact) mass is 358 g/mol. The van der Waals surface area contributed by atoms with Gasteiger partial charge in [0.1, 0.15) is 5.76 Å². The van der Waals surface area contributed by atoms with Gasteiger partial charge in [-0.15, -0.1) is 0 Å². The molecule has 0 aliphatic carbocycles. The molecule has 1 atom stereocenters. The van der Waals surface area contributed by atoms with E-state index in [2.05, 4.69) is 5.32 Å². The lowest BCUT2D eigenvalue weighted by molar-refractivity contribution is -0.149. The lowest BCUT2D eigenvalue weighted by Crippen LogP contribution is -2.41. The summed E-state index contributed by atoms with van der Waals surface area (Å²) in [7, 11) is -3.06. The van der Waals surface area contributed by atoms with Gasteiger partial charge in [-0.2, -0.15) is 0 Å². The zero-order valence-corrected chi connectivity index (χ0v) is 13.6. The lowest BCUT2D eigenvalue weighted by atomic mass is 10.1. The fourth-order valence-electron chi connectivity index (χ4n) is 2.26. The SMILES string of the molecule is O=C(COC(=O)C[C@@H]1CCS(=O)(=O)C1)NC(=O)NCc1ccco1. The van der Waals surface area contributed by atoms with Crippen LogP contribution in [0.25, 0.3) is 0 Å². The molecule has 1 fully saturated rings. The Morgan fingerprint density at radius 1 is 1.33 bits per heavy atom. The molecule has 0 radical (unpaired) electrons. The molecule has 132 valence electrons. The van der Waals surface area contributed by atoms with Crippen molar-refractivity contribution in [1.29, 1.82) is 0 Å². The third-order valence-electron chi connectivity index (χ3n) is 3.40. The molecule has 0 unspecified atom stereocenters. The molecule has 0 saturated carbocycles. The molecule has 0 spiro atoms. The van der Waals surface area contributed by atoms with E-state index < -0.39 is 34.4 Å². The van der Waals surface area contributed by atoms with Crippen molar-refractivity contribution in [2.24, 2.45) is 5.92 Å². The van der Waals surface area contributed by atoms with Gasteiger partial charge >= 0.3 is 12.0 Å². The van der Waals surface area contributed by atoms with E-state index in [9.17, 15) is 22.8 Å². The first-order chi connectivity index (χ1) is 11.3. The summed E-state index contributed by atoms with van der Waals surface area (Å²) in [6, 6.07) is 2.58. The number of imide groups is 1. The number of hydrogen-bond acceptors (Lipinski definition) is 7. The van der Waals surface area contributed by atoms with E-state index in [0.717, 1.165) is 0 Å². The van der Waals surface area contributed by atoms with Crippen LogP contribution in [-0.4, -0.2) is 44.4 Å². The molecule has 1 aliphatic heterocycles. The Kier molecular flexibility index (Phi) is 5.96. The molecule has 1 aromatic heterocycles. The van der Waals surface area contributed by atoms with Crippen molar-refractivity contribution in [3.05, 3.63) is 24.2 Å². The van der Waals surface area contributed by atoms with Crippen molar-refractivity contribution in [3.8, 4) is 0 Å². The van der Waals surface area contributed by atoms with Crippen LogP contribution in [0.15, 0.2) is 22.8 Å². The minimum atomic E-state index is -3.06. The maximum atomic E-state index is 11.6. The van der Waals surface area contributed by atoms with Crippen LogP contribution < -0.4 is 10.6 Å². The molecule has 3 amide bonds. The first kappa shape index (κ1) is 18.0. The maximum absolute atomic E-state index is 11.6. The average Bonchev–Trinajstić information content (AvgIpc) is 3.12. The number of rotatable bonds is 6. The molecule has 2 N–H and O–H groups in total. The quantitative estimate of drug-likeness (QED) is 0.683. The van der Waals surface area contributed by atoms with E-state index in [0.29, 0.717) is 12.2 Å². The van der Waals surface area contributed by atoms with Gasteiger partial charge in [-0.05, 0) is 24.5 Å². The first-order valence-corrected chi connectivity index (χ1v) is 9.12. The summed E-state index contributed by atoms with van der Waals surface area (Å²) in [6.07, 6.45) is 1.81. The summed E-state index contributed by atoms with van der Waals surface area (Å²) in [5.41, 5.74) is 0. The molecule has 24 heavy (non-hydrogen) atoms. The highest BCUT2D eigenvalue weighted by Crippen LogP contribution is 2.21. The number of urea groups is 1. The van der Waals surface area contributed by atoms with Gasteiger partial charge in [0.15, 0.2) is 16.4 Å². The molecule has 1 aliphatic rings. The highest BCUT2D eigenvalue weighted by molar-refractivity contribution is 7.91. The van der Waals surface area contributed by atoms with E-state index in [1.807, 2.05) is 5.32 Å². The van der Waals surface area contributed by atoms with Crippen molar-refractivity contribution in [1.82, 2.24) is 10.6 Å². The minimum absolute atomic E-state index is 0.0382. The molecular formula is C14H18N2O7S. The molecule has 0 aromatic carbocycles. The van der Waals surface area contributed by atoms with Crippen molar-refractivity contribution in [3.63, 3.8) is 0 Å². The van der Waals surface area contributed by atoms with Gasteiger partial charge in [0, 0.05) is 6.42 Å². The lowest BCUT2D eigenvalue weighted by Gasteiger charge is -2.08. The standard InChI is InChI=1S/C14H18N2O7S/c17-12(16-14(19)15-7-11-2-1-4-22-11)8-23-13(18)6-10-3-5-24(20,21)9-10/h1-2,4,10H,3,5-9H2,(H2,15,16,17,19)/t10-/m0/s1. The van der Waals surface area contributed by atoms with E-state index in [1.165, 1.54) is 6.26 Å². The number of furan rings is 1. The Bertz CT molecular complexity index is 697. The van der Waals surface area contributed by atoms with E-state index in [-0.39, 0.29) is 30.4 Å². The van der Waals surface area contributed by atoms with Gasteiger partial charge in [0.05, 0.1) is 24.3 Å². The molecule has 9 nitrogen and oxygen atoms in total. The fraction of sp³-hybridized carbons (Fsp3) is 0.500. The minimum Gasteiger partial charge on any atom is -0.467 e. The van der Waals surface area contributed by atoms with Crippen molar-refractivity contribution in [2.75, 3.05) is 18.1 Å². The molecular weight excluding hydrogens is 340 g/mol. The average molecular weight is 358 g/mol. The van der Waals surface area contributed by atoms with Gasteiger partial charge in [-0.3, -0.25) is 14.9 Å². The van der Waals surface area contributed by atoms with Crippen LogP contribution in [0.2, 0.25) is 0 Å². The number of amides is 3. The second-order valence-corrected chi connectivity index (χ2v) is 7.67. The third kappa shape index (κ3) is 6.03. The summed E-state index contributed by atoms with van der Waals surface area (Å²) in [5.74, 6) is -1.16. The highest BCUT2D eigenvalue weighted by Gasteiger charge is 2.30. The Morgan fingerprint density at radius 3 is 2.75 bits per heavy atom. The third-order valence-corrected chi connectivity index (χ3v) is 5.24. The highest BCUT2D eigenvalue weighted by atomic mass is 32.2. The number of carbonyl (C=O) groups is 3. The van der Waals surface area contributed by atoms with Crippen LogP contribution in [0, 0.1) is 5.92 Å². The zero-order valence-electron chi connectivity index (χ0n) is 12.8. The van der Waals surface area contributed by atoms with Crippen LogP contribution in [-0.2, 0) is 30.7 Å². The number of ether oxygens (including phenoxy) is 1. The largest absolute Gasteiger partial charge is 0.467 e. The number of nitrogens with one attached hydrogen (secondary N) is 2. The van der Waals surface area contributed by atoms with Crippen LogP contribution in [0.4, 0.5) is 4.79 Å². The second kappa shape index (κ2) is 7.95.